The van der Waals surface area contributed by atoms with Crippen LogP contribution < -0.4 is 5.73 Å². The van der Waals surface area contributed by atoms with Crippen molar-refractivity contribution in [3.63, 3.8) is 0 Å². The lowest BCUT2D eigenvalue weighted by atomic mass is 10.0. The summed E-state index contributed by atoms with van der Waals surface area (Å²) in [5.41, 5.74) is 5.88. The highest BCUT2D eigenvalue weighted by atomic mass is 32.2. The highest BCUT2D eigenvalue weighted by Gasteiger charge is 2.46. The molecule has 2 aliphatic rings. The van der Waals surface area contributed by atoms with Crippen molar-refractivity contribution in [2.75, 3.05) is 5.75 Å². The summed E-state index contributed by atoms with van der Waals surface area (Å²) in [6, 6.07) is 0.300. The van der Waals surface area contributed by atoms with Gasteiger partial charge in [-0.25, -0.2) is 8.42 Å². The Balaban J connectivity index is 2.08. The zero-order valence-corrected chi connectivity index (χ0v) is 10.9. The van der Waals surface area contributed by atoms with Gasteiger partial charge in [-0.1, -0.05) is 13.8 Å². The summed E-state index contributed by atoms with van der Waals surface area (Å²) in [5.74, 6) is 0.326. The van der Waals surface area contributed by atoms with E-state index in [0.29, 0.717) is 0 Å². The van der Waals surface area contributed by atoms with Crippen LogP contribution in [0.25, 0.3) is 0 Å². The summed E-state index contributed by atoms with van der Waals surface area (Å²) in [6.07, 6.45) is 4.17. The van der Waals surface area contributed by atoms with Crippen LogP contribution in [-0.4, -0.2) is 36.6 Å². The third kappa shape index (κ3) is 2.13. The van der Waals surface area contributed by atoms with E-state index >= 15 is 0 Å². The van der Waals surface area contributed by atoms with Crippen LogP contribution in [0.1, 0.15) is 39.5 Å². The molecule has 2 fully saturated rings. The van der Waals surface area contributed by atoms with Gasteiger partial charge in [0.2, 0.25) is 10.0 Å². The molecule has 1 unspecified atom stereocenters. The first-order chi connectivity index (χ1) is 7.42. The smallest absolute Gasteiger partial charge is 0.216 e. The first-order valence-corrected chi connectivity index (χ1v) is 7.79. The topological polar surface area (TPSA) is 63.4 Å². The molecule has 0 amide bonds. The van der Waals surface area contributed by atoms with Gasteiger partial charge in [0.15, 0.2) is 0 Å². The van der Waals surface area contributed by atoms with Crippen LogP contribution in [0.3, 0.4) is 0 Å². The Kier molecular flexibility index (Phi) is 3.29. The Morgan fingerprint density at radius 2 is 1.62 bits per heavy atom. The SMILES string of the molecule is CC(C)C(N)CS(=O)(=O)N1C2CCC1CC2. The van der Waals surface area contributed by atoms with Crippen molar-refractivity contribution in [2.45, 2.75) is 57.7 Å². The van der Waals surface area contributed by atoms with Crippen LogP contribution in [0.15, 0.2) is 0 Å². The van der Waals surface area contributed by atoms with Gasteiger partial charge in [0, 0.05) is 18.1 Å². The molecular weight excluding hydrogens is 224 g/mol. The predicted molar refractivity (Wildman–Crippen MR) is 64.5 cm³/mol. The Hall–Kier alpha value is -0.130. The van der Waals surface area contributed by atoms with E-state index in [1.807, 2.05) is 13.8 Å². The fourth-order valence-corrected chi connectivity index (χ4v) is 5.21. The maximum Gasteiger partial charge on any atom is 0.216 e. The normalized spacial score (nSPS) is 32.5. The fourth-order valence-electron chi connectivity index (χ4n) is 2.84. The zero-order valence-electron chi connectivity index (χ0n) is 10.1. The van der Waals surface area contributed by atoms with Crippen LogP contribution in [0.4, 0.5) is 0 Å². The molecule has 94 valence electrons. The molecule has 0 aromatic rings. The third-order valence-electron chi connectivity index (χ3n) is 3.97. The molecule has 2 rings (SSSR count). The van der Waals surface area contributed by atoms with Crippen molar-refractivity contribution >= 4 is 10.0 Å². The minimum absolute atomic E-state index is 0.109. The zero-order chi connectivity index (χ0) is 11.9. The summed E-state index contributed by atoms with van der Waals surface area (Å²) in [5, 5.41) is 0. The lowest BCUT2D eigenvalue weighted by Gasteiger charge is -2.24. The summed E-state index contributed by atoms with van der Waals surface area (Å²) < 4.78 is 26.3. The van der Waals surface area contributed by atoms with E-state index in [-0.39, 0.29) is 29.8 Å². The van der Waals surface area contributed by atoms with Crippen LogP contribution in [0, 0.1) is 5.92 Å². The van der Waals surface area contributed by atoms with Crippen molar-refractivity contribution < 1.29 is 8.42 Å². The molecule has 5 heteroatoms. The largest absolute Gasteiger partial charge is 0.326 e. The highest BCUT2D eigenvalue weighted by Crippen LogP contribution is 2.39. The number of hydrogen-bond donors (Lipinski definition) is 1. The molecule has 16 heavy (non-hydrogen) atoms. The second kappa shape index (κ2) is 4.27. The van der Waals surface area contributed by atoms with Gasteiger partial charge in [0.05, 0.1) is 5.75 Å². The van der Waals surface area contributed by atoms with E-state index in [9.17, 15) is 8.42 Å². The average molecular weight is 246 g/mol. The monoisotopic (exact) mass is 246 g/mol. The molecule has 0 aromatic carbocycles. The number of fused-ring (bicyclic) bond motifs is 2. The minimum atomic E-state index is -3.13. The van der Waals surface area contributed by atoms with Gasteiger partial charge in [0.1, 0.15) is 0 Å². The lowest BCUT2D eigenvalue weighted by molar-refractivity contribution is 0.389. The minimum Gasteiger partial charge on any atom is -0.326 e. The molecule has 0 spiro atoms. The maximum atomic E-state index is 12.3. The van der Waals surface area contributed by atoms with E-state index in [0.717, 1.165) is 25.7 Å². The first-order valence-electron chi connectivity index (χ1n) is 6.18. The van der Waals surface area contributed by atoms with E-state index in [4.69, 9.17) is 5.73 Å². The van der Waals surface area contributed by atoms with Crippen molar-refractivity contribution in [1.29, 1.82) is 0 Å². The van der Waals surface area contributed by atoms with E-state index < -0.39 is 10.0 Å². The van der Waals surface area contributed by atoms with Crippen LogP contribution in [-0.2, 0) is 10.0 Å². The van der Waals surface area contributed by atoms with Gasteiger partial charge in [-0.05, 0) is 31.6 Å². The molecule has 2 N–H and O–H groups in total. The highest BCUT2D eigenvalue weighted by molar-refractivity contribution is 7.89. The number of nitrogens with two attached hydrogens (primary N) is 1. The molecule has 2 heterocycles. The standard InChI is InChI=1S/C11H22N2O2S/c1-8(2)11(12)7-16(14,15)13-9-3-4-10(13)6-5-9/h8-11H,3-7,12H2,1-2H3. The second-order valence-corrected chi connectivity index (χ2v) is 7.40. The van der Waals surface area contributed by atoms with Gasteiger partial charge in [-0.2, -0.15) is 4.31 Å². The van der Waals surface area contributed by atoms with Crippen molar-refractivity contribution in [3.05, 3.63) is 0 Å². The number of nitrogens with zero attached hydrogens (tertiary/aromatic N) is 1. The van der Waals surface area contributed by atoms with Crippen molar-refractivity contribution in [3.8, 4) is 0 Å². The average Bonchev–Trinajstić information content (AvgIpc) is 2.75. The summed E-state index contributed by atoms with van der Waals surface area (Å²) in [4.78, 5) is 0. The lowest BCUT2D eigenvalue weighted by Crippen LogP contribution is -2.43. The molecule has 2 aliphatic heterocycles. The Morgan fingerprint density at radius 3 is 2.00 bits per heavy atom. The Labute approximate surface area is 98.2 Å². The molecule has 2 saturated heterocycles. The van der Waals surface area contributed by atoms with Gasteiger partial charge < -0.3 is 5.73 Å². The van der Waals surface area contributed by atoms with Crippen LogP contribution in [0.5, 0.6) is 0 Å². The summed E-state index contributed by atoms with van der Waals surface area (Å²) in [6.45, 7) is 3.94. The van der Waals surface area contributed by atoms with Gasteiger partial charge in [-0.15, -0.1) is 0 Å². The molecule has 0 aliphatic carbocycles. The molecule has 4 nitrogen and oxygen atoms in total. The second-order valence-electron chi connectivity index (χ2n) is 5.48. The number of sulfonamides is 1. The van der Waals surface area contributed by atoms with Crippen molar-refractivity contribution in [1.82, 2.24) is 4.31 Å². The van der Waals surface area contributed by atoms with Gasteiger partial charge >= 0.3 is 0 Å². The van der Waals surface area contributed by atoms with Gasteiger partial charge in [-0.3, -0.25) is 0 Å². The number of rotatable bonds is 4. The van der Waals surface area contributed by atoms with Gasteiger partial charge in [0.25, 0.3) is 0 Å². The van der Waals surface area contributed by atoms with Crippen LogP contribution in [0.2, 0.25) is 0 Å². The Bertz CT molecular complexity index is 333. The van der Waals surface area contributed by atoms with Crippen LogP contribution >= 0.6 is 0 Å². The molecular formula is C11H22N2O2S. The van der Waals surface area contributed by atoms with E-state index in [1.165, 1.54) is 0 Å². The third-order valence-corrected chi connectivity index (χ3v) is 6.01. The van der Waals surface area contributed by atoms with E-state index in [1.54, 1.807) is 4.31 Å². The summed E-state index contributed by atoms with van der Waals surface area (Å²) >= 11 is 0. The molecule has 0 saturated carbocycles. The first kappa shape index (κ1) is 12.3. The molecule has 2 bridgehead atoms. The molecule has 0 radical (unpaired) electrons. The van der Waals surface area contributed by atoms with Crippen molar-refractivity contribution in [2.24, 2.45) is 11.7 Å². The van der Waals surface area contributed by atoms with E-state index in [2.05, 4.69) is 0 Å². The summed E-state index contributed by atoms with van der Waals surface area (Å²) in [7, 11) is -3.13. The molecule has 0 aromatic heterocycles. The quantitative estimate of drug-likeness (QED) is 0.802. The Morgan fingerprint density at radius 1 is 1.19 bits per heavy atom. The fraction of sp³-hybridized carbons (Fsp3) is 1.00. The predicted octanol–water partition coefficient (Wildman–Crippen LogP) is 0.926. The maximum absolute atomic E-state index is 12.3. The molecule has 1 atom stereocenters. The number of hydrogen-bond acceptors (Lipinski definition) is 3.